The van der Waals surface area contributed by atoms with Crippen molar-refractivity contribution in [1.29, 1.82) is 0 Å². The van der Waals surface area contributed by atoms with E-state index in [1.807, 2.05) is 0 Å². The third kappa shape index (κ3) is 7.33. The van der Waals surface area contributed by atoms with E-state index >= 15 is 0 Å². The first-order valence-corrected chi connectivity index (χ1v) is 5.04. The van der Waals surface area contributed by atoms with Gasteiger partial charge in [0.05, 0.1) is 6.26 Å². The van der Waals surface area contributed by atoms with Gasteiger partial charge in [-0.05, 0) is 20.8 Å². The molecule has 6 heteroatoms. The van der Waals surface area contributed by atoms with Crippen LogP contribution in [0.4, 0.5) is 4.79 Å². The van der Waals surface area contributed by atoms with Gasteiger partial charge in [0.2, 0.25) is 0 Å². The molecule has 0 aliphatic heterocycles. The lowest BCUT2D eigenvalue weighted by molar-refractivity contribution is 0.0224. The van der Waals surface area contributed by atoms with Crippen LogP contribution in [0.3, 0.4) is 0 Å². The summed E-state index contributed by atoms with van der Waals surface area (Å²) in [7, 11) is -3.77. The minimum atomic E-state index is -3.77. The van der Waals surface area contributed by atoms with Crippen molar-refractivity contribution >= 4 is 16.3 Å². The zero-order valence-electron chi connectivity index (χ0n) is 7.45. The highest BCUT2D eigenvalue weighted by molar-refractivity contribution is 7.86. The maximum atomic E-state index is 10.7. The Morgan fingerprint density at radius 2 is 1.67 bits per heavy atom. The zero-order valence-corrected chi connectivity index (χ0v) is 8.27. The lowest BCUT2D eigenvalue weighted by Gasteiger charge is -2.17. The molecule has 0 aromatic heterocycles. The minimum Gasteiger partial charge on any atom is -0.428 e. The molecule has 0 spiro atoms. The second-order valence-electron chi connectivity index (χ2n) is 3.25. The third-order valence-electron chi connectivity index (χ3n) is 0.609. The molecule has 0 amide bonds. The molecule has 0 rings (SSSR count). The molecule has 0 saturated heterocycles. The van der Waals surface area contributed by atoms with Crippen LogP contribution in [0.1, 0.15) is 20.8 Å². The van der Waals surface area contributed by atoms with Crippen LogP contribution in [0.25, 0.3) is 0 Å². The fraction of sp³-hybridized carbons (Fsp3) is 0.833. The average Bonchev–Trinajstić information content (AvgIpc) is 1.49. The Morgan fingerprint density at radius 3 is 1.92 bits per heavy atom. The quantitative estimate of drug-likeness (QED) is 0.460. The molecule has 72 valence electrons. The standard InChI is InChI=1S/C6H12O5S/c1-6(2,3)10-5(7)11-12(4,8)9/h1-4H3. The molecule has 5 nitrogen and oxygen atoms in total. The first-order chi connectivity index (χ1) is 5.10. The fourth-order valence-electron chi connectivity index (χ4n) is 0.391. The van der Waals surface area contributed by atoms with Gasteiger partial charge in [0.25, 0.3) is 0 Å². The molecule has 0 atom stereocenters. The van der Waals surface area contributed by atoms with Crippen LogP contribution in [0.15, 0.2) is 0 Å². The molecular weight excluding hydrogens is 184 g/mol. The molecule has 0 fully saturated rings. The van der Waals surface area contributed by atoms with Crippen molar-refractivity contribution in [2.45, 2.75) is 26.4 Å². The highest BCUT2D eigenvalue weighted by Gasteiger charge is 2.20. The zero-order chi connectivity index (χ0) is 9.99. The molecule has 0 radical (unpaired) electrons. The summed E-state index contributed by atoms with van der Waals surface area (Å²) >= 11 is 0. The van der Waals surface area contributed by atoms with E-state index in [2.05, 4.69) is 8.92 Å². The van der Waals surface area contributed by atoms with Crippen LogP contribution >= 0.6 is 0 Å². The van der Waals surface area contributed by atoms with Crippen LogP contribution in [0.5, 0.6) is 0 Å². The van der Waals surface area contributed by atoms with Crippen LogP contribution in [-0.2, 0) is 19.0 Å². The summed E-state index contributed by atoms with van der Waals surface area (Å²) in [6, 6.07) is 0. The van der Waals surface area contributed by atoms with Crippen LogP contribution in [0.2, 0.25) is 0 Å². The van der Waals surface area contributed by atoms with E-state index in [0.29, 0.717) is 0 Å². The molecule has 0 aliphatic rings. The number of hydrogen-bond donors (Lipinski definition) is 0. The SMILES string of the molecule is CC(C)(C)OC(=O)OS(C)(=O)=O. The summed E-state index contributed by atoms with van der Waals surface area (Å²) in [6.07, 6.45) is -0.429. The molecule has 0 bridgehead atoms. The van der Waals surface area contributed by atoms with Crippen molar-refractivity contribution in [3.05, 3.63) is 0 Å². The Morgan fingerprint density at radius 1 is 1.25 bits per heavy atom. The normalized spacial score (nSPS) is 12.3. The predicted octanol–water partition coefficient (Wildman–Crippen LogP) is 0.898. The molecule has 0 heterocycles. The van der Waals surface area contributed by atoms with Crippen molar-refractivity contribution in [1.82, 2.24) is 0 Å². The maximum Gasteiger partial charge on any atom is 0.524 e. The largest absolute Gasteiger partial charge is 0.524 e. The van der Waals surface area contributed by atoms with E-state index in [0.717, 1.165) is 6.26 Å². The summed E-state index contributed by atoms with van der Waals surface area (Å²) in [5.41, 5.74) is -0.748. The van der Waals surface area contributed by atoms with Crippen LogP contribution in [-0.4, -0.2) is 26.4 Å². The molecule has 0 aromatic rings. The summed E-state index contributed by atoms with van der Waals surface area (Å²) in [4.78, 5) is 10.7. The number of ether oxygens (including phenoxy) is 1. The molecule has 0 unspecified atom stereocenters. The summed E-state index contributed by atoms with van der Waals surface area (Å²) in [6.45, 7) is 4.82. The first-order valence-electron chi connectivity index (χ1n) is 3.22. The Balaban J connectivity index is 4.10. The van der Waals surface area contributed by atoms with Gasteiger partial charge < -0.3 is 8.92 Å². The third-order valence-corrected chi connectivity index (χ3v) is 1.05. The van der Waals surface area contributed by atoms with Gasteiger partial charge in [-0.25, -0.2) is 4.79 Å². The van der Waals surface area contributed by atoms with Crippen LogP contribution < -0.4 is 0 Å². The molecule has 0 N–H and O–H groups in total. The molecule has 0 aromatic carbocycles. The van der Waals surface area contributed by atoms with Crippen LogP contribution in [0, 0.1) is 0 Å². The van der Waals surface area contributed by atoms with E-state index in [4.69, 9.17) is 0 Å². The highest BCUT2D eigenvalue weighted by Crippen LogP contribution is 2.08. The number of carbonyl (C=O) groups is 1. The monoisotopic (exact) mass is 196 g/mol. The van der Waals surface area contributed by atoms with Gasteiger partial charge in [0.1, 0.15) is 5.60 Å². The Labute approximate surface area is 71.8 Å². The summed E-state index contributed by atoms with van der Waals surface area (Å²) in [5, 5.41) is 0. The van der Waals surface area contributed by atoms with Crippen molar-refractivity contribution in [2.24, 2.45) is 0 Å². The first kappa shape index (κ1) is 11.2. The number of hydrogen-bond acceptors (Lipinski definition) is 5. The van der Waals surface area contributed by atoms with E-state index in [-0.39, 0.29) is 0 Å². The topological polar surface area (TPSA) is 69.7 Å². The van der Waals surface area contributed by atoms with Crippen molar-refractivity contribution in [2.75, 3.05) is 6.26 Å². The van der Waals surface area contributed by atoms with Gasteiger partial charge in [-0.1, -0.05) is 0 Å². The van der Waals surface area contributed by atoms with Crippen molar-refractivity contribution < 1.29 is 22.1 Å². The maximum absolute atomic E-state index is 10.7. The number of rotatable bonds is 1. The Bertz CT molecular complexity index is 258. The van der Waals surface area contributed by atoms with Gasteiger partial charge in [0.15, 0.2) is 0 Å². The van der Waals surface area contributed by atoms with Gasteiger partial charge >= 0.3 is 16.3 Å². The predicted molar refractivity (Wildman–Crippen MR) is 42.2 cm³/mol. The van der Waals surface area contributed by atoms with Gasteiger partial charge in [-0.2, -0.15) is 8.42 Å². The second kappa shape index (κ2) is 3.30. The second-order valence-corrected chi connectivity index (χ2v) is 4.83. The van der Waals surface area contributed by atoms with E-state index < -0.39 is 21.9 Å². The smallest absolute Gasteiger partial charge is 0.428 e. The summed E-state index contributed by atoms with van der Waals surface area (Å²) < 4.78 is 29.3. The fourth-order valence-corrected chi connectivity index (χ4v) is 0.672. The van der Waals surface area contributed by atoms with Gasteiger partial charge in [-0.3, -0.25) is 0 Å². The van der Waals surface area contributed by atoms with E-state index in [1.54, 1.807) is 20.8 Å². The van der Waals surface area contributed by atoms with E-state index in [9.17, 15) is 13.2 Å². The lowest BCUT2D eigenvalue weighted by atomic mass is 10.2. The minimum absolute atomic E-state index is 0.748. The van der Waals surface area contributed by atoms with E-state index in [1.165, 1.54) is 0 Å². The average molecular weight is 196 g/mol. The summed E-state index contributed by atoms with van der Waals surface area (Å²) in [5.74, 6) is 0. The van der Waals surface area contributed by atoms with Gasteiger partial charge in [0, 0.05) is 0 Å². The van der Waals surface area contributed by atoms with Gasteiger partial charge in [-0.15, -0.1) is 0 Å². The molecule has 12 heavy (non-hydrogen) atoms. The highest BCUT2D eigenvalue weighted by atomic mass is 32.2. The number of carbonyl (C=O) groups excluding carboxylic acids is 1. The Hall–Kier alpha value is -0.780. The Kier molecular flexibility index (Phi) is 3.09. The molecular formula is C6H12O5S. The molecule has 0 aliphatic carbocycles. The van der Waals surface area contributed by atoms with Crippen molar-refractivity contribution in [3.63, 3.8) is 0 Å². The lowest BCUT2D eigenvalue weighted by Crippen LogP contribution is -2.25. The van der Waals surface area contributed by atoms with Crippen molar-refractivity contribution in [3.8, 4) is 0 Å². The molecule has 0 saturated carbocycles.